The first-order valence-electron chi connectivity index (χ1n) is 6.12. The van der Waals surface area contributed by atoms with E-state index >= 15 is 0 Å². The minimum atomic E-state index is -0.941. The van der Waals surface area contributed by atoms with Crippen LogP contribution in [0.25, 0.3) is 0 Å². The molecule has 0 aromatic heterocycles. The third-order valence-corrected chi connectivity index (χ3v) is 4.06. The number of nitriles is 1. The SMILES string of the molecule is COC(=O)N1c2ccccc2C2(C)C(C#N)C(=O)OC12. The quantitative estimate of drug-likeness (QED) is 0.669. The molecule has 6 nitrogen and oxygen atoms in total. The molecule has 1 fully saturated rings. The van der Waals surface area contributed by atoms with Crippen molar-refractivity contribution in [1.29, 1.82) is 5.26 Å². The topological polar surface area (TPSA) is 79.6 Å². The zero-order valence-electron chi connectivity index (χ0n) is 11.0. The number of hydrogen-bond acceptors (Lipinski definition) is 5. The van der Waals surface area contributed by atoms with E-state index in [4.69, 9.17) is 9.47 Å². The number of benzene rings is 1. The molecule has 1 amide bonds. The lowest BCUT2D eigenvalue weighted by Gasteiger charge is -2.26. The summed E-state index contributed by atoms with van der Waals surface area (Å²) in [5.41, 5.74) is 0.476. The average Bonchev–Trinajstić information content (AvgIpc) is 2.84. The number of amides is 1. The van der Waals surface area contributed by atoms with E-state index in [-0.39, 0.29) is 0 Å². The van der Waals surface area contributed by atoms with Gasteiger partial charge in [0.1, 0.15) is 0 Å². The van der Waals surface area contributed by atoms with E-state index in [1.54, 1.807) is 31.2 Å². The fourth-order valence-corrected chi connectivity index (χ4v) is 3.04. The van der Waals surface area contributed by atoms with Crippen LogP contribution in [0, 0.1) is 17.2 Å². The molecular formula is C14H12N2O4. The van der Waals surface area contributed by atoms with Crippen LogP contribution in [0.5, 0.6) is 0 Å². The molecule has 3 unspecified atom stereocenters. The maximum Gasteiger partial charge on any atom is 0.417 e. The number of ether oxygens (including phenoxy) is 2. The van der Waals surface area contributed by atoms with Crippen LogP contribution in [-0.4, -0.2) is 25.4 Å². The van der Waals surface area contributed by atoms with Crippen molar-refractivity contribution in [3.05, 3.63) is 29.8 Å². The Morgan fingerprint density at radius 3 is 2.85 bits per heavy atom. The van der Waals surface area contributed by atoms with Gasteiger partial charge in [0.15, 0.2) is 12.1 Å². The Labute approximate surface area is 115 Å². The minimum absolute atomic E-state index is 0.608. The van der Waals surface area contributed by atoms with Gasteiger partial charge in [0.25, 0.3) is 0 Å². The second-order valence-electron chi connectivity index (χ2n) is 4.99. The van der Waals surface area contributed by atoms with Crippen LogP contribution >= 0.6 is 0 Å². The minimum Gasteiger partial charge on any atom is -0.452 e. The molecule has 0 bridgehead atoms. The highest BCUT2D eigenvalue weighted by atomic mass is 16.6. The smallest absolute Gasteiger partial charge is 0.417 e. The summed E-state index contributed by atoms with van der Waals surface area (Å²) in [7, 11) is 1.26. The molecule has 3 rings (SSSR count). The summed E-state index contributed by atoms with van der Waals surface area (Å²) in [6.07, 6.45) is -1.46. The molecular weight excluding hydrogens is 260 g/mol. The van der Waals surface area contributed by atoms with E-state index in [9.17, 15) is 14.9 Å². The highest BCUT2D eigenvalue weighted by molar-refractivity contribution is 5.95. The van der Waals surface area contributed by atoms with Crippen molar-refractivity contribution in [1.82, 2.24) is 0 Å². The number of nitrogens with zero attached hydrogens (tertiary/aromatic N) is 2. The molecule has 0 aliphatic carbocycles. The highest BCUT2D eigenvalue weighted by Crippen LogP contribution is 2.53. The van der Waals surface area contributed by atoms with E-state index in [0.717, 1.165) is 5.56 Å². The van der Waals surface area contributed by atoms with Crippen LogP contribution in [0.1, 0.15) is 12.5 Å². The number of anilines is 1. The maximum atomic E-state index is 12.0. The fraction of sp³-hybridized carbons (Fsp3) is 0.357. The van der Waals surface area contributed by atoms with Gasteiger partial charge in [0.05, 0.1) is 24.3 Å². The van der Waals surface area contributed by atoms with Gasteiger partial charge in [-0.3, -0.25) is 4.79 Å². The normalized spacial score (nSPS) is 30.2. The summed E-state index contributed by atoms with van der Waals surface area (Å²) in [6.45, 7) is 1.76. The van der Waals surface area contributed by atoms with E-state index < -0.39 is 29.6 Å². The summed E-state index contributed by atoms with van der Waals surface area (Å²) < 4.78 is 10.0. The summed E-state index contributed by atoms with van der Waals surface area (Å²) in [6, 6.07) is 9.13. The van der Waals surface area contributed by atoms with Crippen LogP contribution in [0.15, 0.2) is 24.3 Å². The third-order valence-electron chi connectivity index (χ3n) is 4.06. The fourth-order valence-electron chi connectivity index (χ4n) is 3.04. The lowest BCUT2D eigenvalue weighted by Crippen LogP contribution is -2.45. The second kappa shape index (κ2) is 3.97. The molecule has 0 N–H and O–H groups in total. The second-order valence-corrected chi connectivity index (χ2v) is 4.99. The molecule has 3 atom stereocenters. The maximum absolute atomic E-state index is 12.0. The van der Waals surface area contributed by atoms with Gasteiger partial charge in [-0.25, -0.2) is 9.69 Å². The molecule has 0 saturated carbocycles. The van der Waals surface area contributed by atoms with Gasteiger partial charge < -0.3 is 9.47 Å². The van der Waals surface area contributed by atoms with Crippen LogP contribution in [0.2, 0.25) is 0 Å². The number of carbonyl (C=O) groups is 2. The number of para-hydroxylation sites is 1. The zero-order valence-corrected chi connectivity index (χ0v) is 11.0. The molecule has 6 heteroatoms. The number of fused-ring (bicyclic) bond motifs is 3. The summed E-state index contributed by atoms with van der Waals surface area (Å²) >= 11 is 0. The van der Waals surface area contributed by atoms with Gasteiger partial charge in [0, 0.05) is 0 Å². The van der Waals surface area contributed by atoms with Gasteiger partial charge in [0.2, 0.25) is 0 Å². The number of carbonyl (C=O) groups excluding carboxylic acids is 2. The van der Waals surface area contributed by atoms with Gasteiger partial charge in [-0.15, -0.1) is 0 Å². The van der Waals surface area contributed by atoms with E-state index in [1.165, 1.54) is 12.0 Å². The lowest BCUT2D eigenvalue weighted by atomic mass is 9.74. The first kappa shape index (κ1) is 12.5. The van der Waals surface area contributed by atoms with E-state index in [2.05, 4.69) is 0 Å². The molecule has 0 spiro atoms. The summed E-state index contributed by atoms with van der Waals surface area (Å²) in [4.78, 5) is 25.2. The van der Waals surface area contributed by atoms with Crippen LogP contribution < -0.4 is 4.90 Å². The van der Waals surface area contributed by atoms with Crippen molar-refractivity contribution in [2.75, 3.05) is 12.0 Å². The van der Waals surface area contributed by atoms with Crippen molar-refractivity contribution >= 4 is 17.7 Å². The standard InChI is InChI=1S/C14H12N2O4/c1-14-8-5-3-4-6-10(8)16(13(18)19-2)12(14)20-11(17)9(14)7-15/h3-6,9,12H,1-2H3. The van der Waals surface area contributed by atoms with Crippen molar-refractivity contribution < 1.29 is 19.1 Å². The van der Waals surface area contributed by atoms with Gasteiger partial charge >= 0.3 is 12.1 Å². The number of esters is 1. The van der Waals surface area contributed by atoms with Crippen molar-refractivity contribution in [2.45, 2.75) is 18.6 Å². The first-order valence-corrected chi connectivity index (χ1v) is 6.12. The Hall–Kier alpha value is -2.55. The molecule has 2 aliphatic heterocycles. The molecule has 2 heterocycles. The third kappa shape index (κ3) is 1.27. The van der Waals surface area contributed by atoms with Gasteiger partial charge in [-0.05, 0) is 18.6 Å². The number of methoxy groups -OCH3 is 1. The van der Waals surface area contributed by atoms with Crippen molar-refractivity contribution in [2.24, 2.45) is 5.92 Å². The Balaban J connectivity index is 2.23. The van der Waals surface area contributed by atoms with Crippen molar-refractivity contribution in [3.8, 4) is 6.07 Å². The molecule has 0 radical (unpaired) electrons. The van der Waals surface area contributed by atoms with Crippen LogP contribution in [0.3, 0.4) is 0 Å². The summed E-state index contributed by atoms with van der Waals surface area (Å²) in [5, 5.41) is 9.27. The van der Waals surface area contributed by atoms with E-state index in [0.29, 0.717) is 5.69 Å². The number of rotatable bonds is 0. The molecule has 102 valence electrons. The van der Waals surface area contributed by atoms with Crippen LogP contribution in [0.4, 0.5) is 10.5 Å². The Kier molecular flexibility index (Phi) is 2.48. The number of hydrogen-bond donors (Lipinski definition) is 0. The van der Waals surface area contributed by atoms with Gasteiger partial charge in [-0.2, -0.15) is 5.26 Å². The monoisotopic (exact) mass is 272 g/mol. The summed E-state index contributed by atoms with van der Waals surface area (Å²) in [5.74, 6) is -1.55. The predicted molar refractivity (Wildman–Crippen MR) is 67.7 cm³/mol. The average molecular weight is 272 g/mol. The Morgan fingerprint density at radius 1 is 1.50 bits per heavy atom. The zero-order chi connectivity index (χ0) is 14.5. The lowest BCUT2D eigenvalue weighted by molar-refractivity contribution is -0.142. The largest absolute Gasteiger partial charge is 0.452 e. The van der Waals surface area contributed by atoms with Crippen LogP contribution in [-0.2, 0) is 19.7 Å². The Bertz CT molecular complexity index is 651. The highest BCUT2D eigenvalue weighted by Gasteiger charge is 2.64. The molecule has 1 saturated heterocycles. The van der Waals surface area contributed by atoms with Crippen molar-refractivity contribution in [3.63, 3.8) is 0 Å². The molecule has 1 aromatic carbocycles. The predicted octanol–water partition coefficient (Wildman–Crippen LogP) is 1.55. The first-order chi connectivity index (χ1) is 9.55. The van der Waals surface area contributed by atoms with Gasteiger partial charge in [-0.1, -0.05) is 18.2 Å². The molecule has 2 aliphatic rings. The Morgan fingerprint density at radius 2 is 2.20 bits per heavy atom. The molecule has 1 aromatic rings. The van der Waals surface area contributed by atoms with E-state index in [1.807, 2.05) is 6.07 Å². The molecule has 20 heavy (non-hydrogen) atoms.